The summed E-state index contributed by atoms with van der Waals surface area (Å²) >= 11 is 0. The van der Waals surface area contributed by atoms with Gasteiger partial charge in [-0.05, 0) is 37.3 Å². The third kappa shape index (κ3) is 3.18. The first kappa shape index (κ1) is 17.3. The maximum absolute atomic E-state index is 11.1. The Morgan fingerprint density at radius 2 is 1.90 bits per heavy atom. The summed E-state index contributed by atoms with van der Waals surface area (Å²) in [7, 11) is 0. The van der Waals surface area contributed by atoms with E-state index in [9.17, 15) is 5.11 Å². The van der Waals surface area contributed by atoms with Crippen LogP contribution >= 0.6 is 0 Å². The second-order valence-corrected chi connectivity index (χ2v) is 6.99. The van der Waals surface area contributed by atoms with Crippen LogP contribution in [0.4, 0.5) is 5.82 Å². The number of hydrogen-bond acceptors (Lipinski definition) is 5. The third-order valence-corrected chi connectivity index (χ3v) is 5.06. The van der Waals surface area contributed by atoms with Crippen molar-refractivity contribution in [2.24, 2.45) is 0 Å². The number of aromatic hydroxyl groups is 1. The van der Waals surface area contributed by atoms with Gasteiger partial charge in [-0.15, -0.1) is 0 Å². The van der Waals surface area contributed by atoms with Gasteiger partial charge < -0.3 is 14.6 Å². The third-order valence-electron chi connectivity index (χ3n) is 5.06. The second kappa shape index (κ2) is 6.98. The molecular weight excluding hydrogens is 366 g/mol. The molecule has 2 aromatic carbocycles. The predicted octanol–water partition coefficient (Wildman–Crippen LogP) is 3.99. The molecule has 0 spiro atoms. The number of benzene rings is 2. The lowest BCUT2D eigenvalue weighted by Crippen LogP contribution is -2.19. The summed E-state index contributed by atoms with van der Waals surface area (Å²) in [6.07, 6.45) is 1.85. The Morgan fingerprint density at radius 1 is 1.03 bits per heavy atom. The van der Waals surface area contributed by atoms with Crippen LogP contribution in [-0.2, 0) is 0 Å². The van der Waals surface area contributed by atoms with E-state index in [2.05, 4.69) is 15.3 Å². The van der Waals surface area contributed by atoms with Gasteiger partial charge in [0, 0.05) is 28.3 Å². The minimum absolute atomic E-state index is 0.164. The van der Waals surface area contributed by atoms with Gasteiger partial charge in [-0.3, -0.25) is 5.32 Å². The molecule has 1 atom stereocenters. The van der Waals surface area contributed by atoms with E-state index in [0.29, 0.717) is 11.3 Å². The Kier molecular flexibility index (Phi) is 4.17. The van der Waals surface area contributed by atoms with Crippen LogP contribution in [0.2, 0.25) is 0 Å². The molecule has 3 heterocycles. The van der Waals surface area contributed by atoms with Gasteiger partial charge in [0.25, 0.3) is 5.82 Å². The van der Waals surface area contributed by atoms with Gasteiger partial charge in [0.05, 0.1) is 6.20 Å². The van der Waals surface area contributed by atoms with Gasteiger partial charge in [-0.1, -0.05) is 24.3 Å². The molecule has 0 unspecified atom stereocenters. The van der Waals surface area contributed by atoms with E-state index in [1.54, 1.807) is 0 Å². The number of phenolic OH excluding ortho intramolecular Hbond substituents is 1. The summed E-state index contributed by atoms with van der Waals surface area (Å²) in [5, 5.41) is 15.5. The van der Waals surface area contributed by atoms with Crippen LogP contribution in [-0.4, -0.2) is 16.9 Å². The number of hydrogen-bond donors (Lipinski definition) is 2. The number of aromatic nitrogens is 2. The average Bonchev–Trinajstić information content (AvgIpc) is 3.22. The molecule has 0 amide bonds. The summed E-state index contributed by atoms with van der Waals surface area (Å²) in [6.45, 7) is 2.13. The van der Waals surface area contributed by atoms with Crippen LogP contribution in [0.5, 0.6) is 17.2 Å². The van der Waals surface area contributed by atoms with Crippen molar-refractivity contribution in [3.63, 3.8) is 0 Å². The van der Waals surface area contributed by atoms with E-state index in [-0.39, 0.29) is 18.6 Å². The molecule has 0 saturated carbocycles. The van der Waals surface area contributed by atoms with E-state index < -0.39 is 0 Å². The van der Waals surface area contributed by atoms with Gasteiger partial charge in [0.2, 0.25) is 6.79 Å². The molecule has 2 aromatic heterocycles. The number of ether oxygens (including phenoxy) is 2. The number of nitrogens with zero attached hydrogens (tertiary/aromatic N) is 1. The topological polar surface area (TPSA) is 77.8 Å². The fraction of sp³-hybridized carbons (Fsp3) is 0.130. The summed E-state index contributed by atoms with van der Waals surface area (Å²) in [5.74, 6) is 2.41. The molecule has 0 fully saturated rings. The highest BCUT2D eigenvalue weighted by atomic mass is 16.7. The van der Waals surface area contributed by atoms with Crippen LogP contribution in [0, 0.1) is 6.92 Å². The molecule has 0 bridgehead atoms. The van der Waals surface area contributed by atoms with Crippen molar-refractivity contribution < 1.29 is 19.6 Å². The number of rotatable bonds is 4. The molecule has 3 N–H and O–H groups in total. The van der Waals surface area contributed by atoms with Crippen LogP contribution in [0.15, 0.2) is 66.9 Å². The molecular formula is C23H20N3O3+. The van der Waals surface area contributed by atoms with Gasteiger partial charge in [0.15, 0.2) is 11.5 Å². The van der Waals surface area contributed by atoms with Crippen molar-refractivity contribution >= 4 is 16.7 Å². The number of anilines is 1. The number of H-pyrrole nitrogens is 1. The zero-order valence-corrected chi connectivity index (χ0v) is 15.8. The largest absolute Gasteiger partial charge is 0.505 e. The SMILES string of the molecule is Cc1ccc2ccc([C@@H](Nc3cccc[nH+]3)c3ccc4c(c3)OCO4)c(O)c2n1. The van der Waals surface area contributed by atoms with Crippen molar-refractivity contribution in [1.29, 1.82) is 0 Å². The first-order valence-electron chi connectivity index (χ1n) is 9.41. The Hall–Kier alpha value is -3.80. The van der Waals surface area contributed by atoms with Crippen LogP contribution in [0.1, 0.15) is 22.9 Å². The summed E-state index contributed by atoms with van der Waals surface area (Å²) in [5.41, 5.74) is 3.11. The van der Waals surface area contributed by atoms with E-state index >= 15 is 0 Å². The first-order chi connectivity index (χ1) is 14.2. The number of pyridine rings is 2. The van der Waals surface area contributed by atoms with Gasteiger partial charge in [-0.25, -0.2) is 9.97 Å². The molecule has 0 radical (unpaired) electrons. The van der Waals surface area contributed by atoms with Crippen molar-refractivity contribution in [2.75, 3.05) is 12.1 Å². The normalized spacial score (nSPS) is 13.4. The number of fused-ring (bicyclic) bond motifs is 2. The highest BCUT2D eigenvalue weighted by molar-refractivity contribution is 5.86. The van der Waals surface area contributed by atoms with Gasteiger partial charge >= 0.3 is 0 Å². The minimum atomic E-state index is -0.324. The smallest absolute Gasteiger partial charge is 0.272 e. The number of nitrogens with one attached hydrogen (secondary N) is 2. The molecule has 29 heavy (non-hydrogen) atoms. The average molecular weight is 386 g/mol. The van der Waals surface area contributed by atoms with E-state index in [0.717, 1.165) is 33.8 Å². The zero-order valence-electron chi connectivity index (χ0n) is 15.8. The molecule has 4 aromatic rings. The number of aromatic amines is 1. The zero-order chi connectivity index (χ0) is 19.8. The van der Waals surface area contributed by atoms with Crippen LogP contribution in [0.3, 0.4) is 0 Å². The molecule has 0 saturated heterocycles. The van der Waals surface area contributed by atoms with E-state index in [1.165, 1.54) is 0 Å². The lowest BCUT2D eigenvalue weighted by molar-refractivity contribution is -0.361. The molecule has 1 aliphatic rings. The van der Waals surface area contributed by atoms with Crippen LogP contribution in [0.25, 0.3) is 10.9 Å². The second-order valence-electron chi connectivity index (χ2n) is 6.99. The summed E-state index contributed by atoms with van der Waals surface area (Å²) < 4.78 is 11.0. The van der Waals surface area contributed by atoms with Crippen molar-refractivity contribution in [2.45, 2.75) is 13.0 Å². The Balaban J connectivity index is 1.66. The summed E-state index contributed by atoms with van der Waals surface area (Å²) in [6, 6.07) is 19.1. The number of phenols is 1. The Morgan fingerprint density at radius 3 is 2.76 bits per heavy atom. The molecule has 6 nitrogen and oxygen atoms in total. The maximum atomic E-state index is 11.1. The highest BCUT2D eigenvalue weighted by Gasteiger charge is 2.26. The maximum Gasteiger partial charge on any atom is 0.272 e. The van der Waals surface area contributed by atoms with Gasteiger partial charge in [0.1, 0.15) is 17.3 Å². The molecule has 0 aliphatic carbocycles. The van der Waals surface area contributed by atoms with Gasteiger partial charge in [-0.2, -0.15) is 0 Å². The van der Waals surface area contributed by atoms with Crippen molar-refractivity contribution in [3.8, 4) is 17.2 Å². The Bertz CT molecular complexity index is 1190. The molecule has 5 rings (SSSR count). The highest BCUT2D eigenvalue weighted by Crippen LogP contribution is 2.40. The van der Waals surface area contributed by atoms with E-state index in [1.807, 2.05) is 73.8 Å². The quantitative estimate of drug-likeness (QED) is 0.554. The first-order valence-corrected chi connectivity index (χ1v) is 9.41. The Labute approximate surface area is 167 Å². The fourth-order valence-corrected chi connectivity index (χ4v) is 3.59. The fourth-order valence-electron chi connectivity index (χ4n) is 3.59. The van der Waals surface area contributed by atoms with Crippen molar-refractivity contribution in [1.82, 2.24) is 4.98 Å². The predicted molar refractivity (Wildman–Crippen MR) is 109 cm³/mol. The lowest BCUT2D eigenvalue weighted by Gasteiger charge is -2.18. The minimum Gasteiger partial charge on any atom is -0.505 e. The standard InChI is InChI=1S/C23H19N3O3/c1-14-5-6-15-7-9-17(23(27)22(15)25-14)21(26-20-4-2-3-11-24-20)16-8-10-18-19(12-16)29-13-28-18/h2-12,21,27H,13H2,1H3,(H,24,26)/p+1/t21-/m0/s1. The monoisotopic (exact) mass is 386 g/mol. The summed E-state index contributed by atoms with van der Waals surface area (Å²) in [4.78, 5) is 7.74. The molecule has 6 heteroatoms. The molecule has 1 aliphatic heterocycles. The number of aryl methyl sites for hydroxylation is 1. The molecule has 144 valence electrons. The lowest BCUT2D eigenvalue weighted by atomic mass is 9.95. The van der Waals surface area contributed by atoms with E-state index in [4.69, 9.17) is 9.47 Å². The van der Waals surface area contributed by atoms with Crippen molar-refractivity contribution in [3.05, 3.63) is 83.7 Å². The van der Waals surface area contributed by atoms with Crippen LogP contribution < -0.4 is 19.8 Å².